The van der Waals surface area contributed by atoms with Crippen LogP contribution in [0.15, 0.2) is 30.3 Å². The van der Waals surface area contributed by atoms with Crippen LogP contribution in [0.25, 0.3) is 0 Å². The Morgan fingerprint density at radius 2 is 2.07 bits per heavy atom. The van der Waals surface area contributed by atoms with Gasteiger partial charge in [-0.15, -0.1) is 0 Å². The molecule has 1 unspecified atom stereocenters. The zero-order valence-electron chi connectivity index (χ0n) is 8.87. The highest BCUT2D eigenvalue weighted by Gasteiger charge is 2.31. The van der Waals surface area contributed by atoms with E-state index in [1.54, 1.807) is 0 Å². The van der Waals surface area contributed by atoms with Gasteiger partial charge in [0.05, 0.1) is 6.07 Å². The number of hydrogen-bond acceptors (Lipinski definition) is 2. The van der Waals surface area contributed by atoms with Crippen LogP contribution in [0.5, 0.6) is 0 Å². The summed E-state index contributed by atoms with van der Waals surface area (Å²) in [6, 6.07) is 12.7. The molecule has 0 aliphatic carbocycles. The Labute approximate surface area is 90.9 Å². The maximum absolute atomic E-state index is 9.29. The lowest BCUT2D eigenvalue weighted by Crippen LogP contribution is -2.49. The van der Waals surface area contributed by atoms with E-state index in [-0.39, 0.29) is 5.54 Å². The maximum atomic E-state index is 9.29. The molecule has 78 valence electrons. The second kappa shape index (κ2) is 4.46. The van der Waals surface area contributed by atoms with Gasteiger partial charge in [0.25, 0.3) is 0 Å². The van der Waals surface area contributed by atoms with Gasteiger partial charge in [0, 0.05) is 6.42 Å². The van der Waals surface area contributed by atoms with Crippen LogP contribution in [0.2, 0.25) is 0 Å². The summed E-state index contributed by atoms with van der Waals surface area (Å²) in [5.41, 5.74) is 0.924. The summed E-state index contributed by atoms with van der Waals surface area (Å²) in [6.07, 6.45) is 4.15. The summed E-state index contributed by atoms with van der Waals surface area (Å²) < 4.78 is 0. The standard InChI is InChI=1S/C13H16N2/c14-11-13(8-4-5-9-15-13)10-12-6-2-1-3-7-12/h1-3,6-7,15H,4-5,8-10H2. The molecule has 15 heavy (non-hydrogen) atoms. The van der Waals surface area contributed by atoms with E-state index < -0.39 is 0 Å². The molecule has 2 nitrogen and oxygen atoms in total. The van der Waals surface area contributed by atoms with Crippen LogP contribution in [0.3, 0.4) is 0 Å². The number of nitrogens with one attached hydrogen (secondary N) is 1. The fraction of sp³-hybridized carbons (Fsp3) is 0.462. The van der Waals surface area contributed by atoms with Crippen LogP contribution in [0.4, 0.5) is 0 Å². The molecule has 0 radical (unpaired) electrons. The molecular formula is C13H16N2. The molecule has 1 saturated heterocycles. The van der Waals surface area contributed by atoms with Crippen molar-refractivity contribution >= 4 is 0 Å². The van der Waals surface area contributed by atoms with Crippen LogP contribution in [-0.4, -0.2) is 12.1 Å². The Kier molecular flexibility index (Phi) is 3.03. The molecule has 1 atom stereocenters. The first-order chi connectivity index (χ1) is 7.35. The highest BCUT2D eigenvalue weighted by Crippen LogP contribution is 2.23. The molecule has 1 fully saturated rings. The summed E-state index contributed by atoms with van der Waals surface area (Å²) in [7, 11) is 0. The van der Waals surface area contributed by atoms with Gasteiger partial charge in [-0.3, -0.25) is 5.32 Å². The second-order valence-electron chi connectivity index (χ2n) is 4.24. The van der Waals surface area contributed by atoms with E-state index in [4.69, 9.17) is 0 Å². The Morgan fingerprint density at radius 3 is 2.67 bits per heavy atom. The van der Waals surface area contributed by atoms with Crippen molar-refractivity contribution in [3.05, 3.63) is 35.9 Å². The molecule has 1 N–H and O–H groups in total. The lowest BCUT2D eigenvalue weighted by atomic mass is 9.84. The number of hydrogen-bond donors (Lipinski definition) is 1. The molecule has 1 aliphatic heterocycles. The Hall–Kier alpha value is -1.33. The average molecular weight is 200 g/mol. The molecular weight excluding hydrogens is 184 g/mol. The van der Waals surface area contributed by atoms with Gasteiger partial charge in [0.2, 0.25) is 0 Å². The molecule has 2 rings (SSSR count). The van der Waals surface area contributed by atoms with E-state index in [0.717, 1.165) is 25.8 Å². The minimum atomic E-state index is -0.320. The highest BCUT2D eigenvalue weighted by molar-refractivity contribution is 5.22. The number of nitrogens with zero attached hydrogens (tertiary/aromatic N) is 1. The van der Waals surface area contributed by atoms with Crippen molar-refractivity contribution < 1.29 is 0 Å². The average Bonchev–Trinajstić information content (AvgIpc) is 2.32. The van der Waals surface area contributed by atoms with Gasteiger partial charge in [-0.1, -0.05) is 30.3 Å². The third-order valence-corrected chi connectivity index (χ3v) is 3.06. The summed E-state index contributed by atoms with van der Waals surface area (Å²) in [5.74, 6) is 0. The van der Waals surface area contributed by atoms with Gasteiger partial charge < -0.3 is 0 Å². The van der Waals surface area contributed by atoms with Crippen LogP contribution in [-0.2, 0) is 6.42 Å². The topological polar surface area (TPSA) is 35.8 Å². The summed E-state index contributed by atoms with van der Waals surface area (Å²) in [4.78, 5) is 0. The van der Waals surface area contributed by atoms with E-state index in [1.165, 1.54) is 12.0 Å². The summed E-state index contributed by atoms with van der Waals surface area (Å²) >= 11 is 0. The molecule has 0 saturated carbocycles. The monoisotopic (exact) mass is 200 g/mol. The molecule has 1 aromatic rings. The molecule has 0 aromatic heterocycles. The normalized spacial score (nSPS) is 25.8. The number of benzene rings is 1. The van der Waals surface area contributed by atoms with Gasteiger partial charge in [0.15, 0.2) is 0 Å². The van der Waals surface area contributed by atoms with Gasteiger partial charge in [-0.05, 0) is 31.4 Å². The number of nitriles is 1. The SMILES string of the molecule is N#CC1(Cc2ccccc2)CCCCN1. The van der Waals surface area contributed by atoms with E-state index in [0.29, 0.717) is 0 Å². The van der Waals surface area contributed by atoms with Gasteiger partial charge >= 0.3 is 0 Å². The first kappa shape index (κ1) is 10.2. The zero-order chi connectivity index (χ0) is 10.6. The molecule has 1 aromatic carbocycles. The maximum Gasteiger partial charge on any atom is 0.110 e. The van der Waals surface area contributed by atoms with Crippen LogP contribution in [0, 0.1) is 11.3 Å². The first-order valence-corrected chi connectivity index (χ1v) is 5.55. The largest absolute Gasteiger partial charge is 0.299 e. The van der Waals surface area contributed by atoms with Crippen LogP contribution in [0.1, 0.15) is 24.8 Å². The fourth-order valence-corrected chi connectivity index (χ4v) is 2.20. The third kappa shape index (κ3) is 2.37. The minimum absolute atomic E-state index is 0.320. The van der Waals surface area contributed by atoms with Gasteiger partial charge in [-0.25, -0.2) is 0 Å². The molecule has 0 spiro atoms. The Balaban J connectivity index is 2.12. The van der Waals surface area contributed by atoms with E-state index in [1.807, 2.05) is 18.2 Å². The first-order valence-electron chi connectivity index (χ1n) is 5.55. The second-order valence-corrected chi connectivity index (χ2v) is 4.24. The van der Waals surface area contributed by atoms with Crippen molar-refractivity contribution in [1.82, 2.24) is 5.32 Å². The summed E-state index contributed by atoms with van der Waals surface area (Å²) in [6.45, 7) is 0.973. The molecule has 1 aliphatic rings. The number of rotatable bonds is 2. The van der Waals surface area contributed by atoms with E-state index >= 15 is 0 Å². The molecule has 0 bridgehead atoms. The summed E-state index contributed by atoms with van der Waals surface area (Å²) in [5, 5.41) is 12.7. The lowest BCUT2D eigenvalue weighted by molar-refractivity contribution is 0.321. The molecule has 0 amide bonds. The third-order valence-electron chi connectivity index (χ3n) is 3.06. The van der Waals surface area contributed by atoms with Crippen LogP contribution < -0.4 is 5.32 Å². The van der Waals surface area contributed by atoms with Crippen molar-refractivity contribution in [3.8, 4) is 6.07 Å². The van der Waals surface area contributed by atoms with Crippen molar-refractivity contribution in [2.45, 2.75) is 31.2 Å². The lowest BCUT2D eigenvalue weighted by Gasteiger charge is -2.32. The van der Waals surface area contributed by atoms with Crippen molar-refractivity contribution in [3.63, 3.8) is 0 Å². The fourth-order valence-electron chi connectivity index (χ4n) is 2.20. The predicted octanol–water partition coefficient (Wildman–Crippen LogP) is 2.26. The minimum Gasteiger partial charge on any atom is -0.299 e. The molecule has 1 heterocycles. The van der Waals surface area contributed by atoms with E-state index in [9.17, 15) is 5.26 Å². The van der Waals surface area contributed by atoms with Gasteiger partial charge in [-0.2, -0.15) is 5.26 Å². The predicted molar refractivity (Wildman–Crippen MR) is 60.3 cm³/mol. The number of piperidine rings is 1. The van der Waals surface area contributed by atoms with Gasteiger partial charge in [0.1, 0.15) is 5.54 Å². The van der Waals surface area contributed by atoms with Crippen LogP contribution >= 0.6 is 0 Å². The Bertz CT molecular complexity index is 345. The molecule has 2 heteroatoms. The van der Waals surface area contributed by atoms with E-state index in [2.05, 4.69) is 23.5 Å². The van der Waals surface area contributed by atoms with Crippen molar-refractivity contribution in [1.29, 1.82) is 5.26 Å². The highest BCUT2D eigenvalue weighted by atomic mass is 15.0. The smallest absolute Gasteiger partial charge is 0.110 e. The van der Waals surface area contributed by atoms with Crippen molar-refractivity contribution in [2.24, 2.45) is 0 Å². The quantitative estimate of drug-likeness (QED) is 0.795. The zero-order valence-corrected chi connectivity index (χ0v) is 8.87. The van der Waals surface area contributed by atoms with Crippen molar-refractivity contribution in [2.75, 3.05) is 6.54 Å². The Morgan fingerprint density at radius 1 is 1.27 bits per heavy atom.